The van der Waals surface area contributed by atoms with Crippen molar-refractivity contribution in [3.05, 3.63) is 60.3 Å². The van der Waals surface area contributed by atoms with Crippen LogP contribution in [0, 0.1) is 0 Å². The quantitative estimate of drug-likeness (QED) is 0.311. The topological polar surface area (TPSA) is 137 Å². The Hall–Kier alpha value is -3.55. The number of alkyl halides is 3. The third kappa shape index (κ3) is 8.23. The van der Waals surface area contributed by atoms with Crippen LogP contribution in [-0.4, -0.2) is 55.2 Å². The molecule has 0 aliphatic carbocycles. The van der Waals surface area contributed by atoms with Gasteiger partial charge in [-0.05, 0) is 47.0 Å². The minimum atomic E-state index is -4.90. The standard InChI is InChI=1S/C24H22F3N3O7.Na/c1-30-7-6-19(31)21(22(30)34)29-23(35)28-18(12-20(32)33)15-8-14(10-17(11-15)36-2)13-4-3-5-16(9-13)37-24(25,26)27;/h3-11,18,21H,12H2,1-2H3,(H,32,33)(H2,28,29,35);/q;+1/p-1/t18-,21?;/m0./s1. The molecule has 1 unspecified atom stereocenters. The number of likely N-dealkylation sites (N-methyl/N-ethyl adjacent to an activating group) is 1. The van der Waals surface area contributed by atoms with Crippen molar-refractivity contribution < 1.29 is 76.5 Å². The van der Waals surface area contributed by atoms with Crippen LogP contribution >= 0.6 is 0 Å². The summed E-state index contributed by atoms with van der Waals surface area (Å²) < 4.78 is 47.1. The van der Waals surface area contributed by atoms with Gasteiger partial charge < -0.3 is 34.9 Å². The van der Waals surface area contributed by atoms with Crippen LogP contribution in [0.25, 0.3) is 11.1 Å². The first-order valence-electron chi connectivity index (χ1n) is 10.7. The van der Waals surface area contributed by atoms with Crippen LogP contribution < -0.4 is 54.8 Å². The van der Waals surface area contributed by atoms with Gasteiger partial charge in [0.25, 0.3) is 5.91 Å². The Bertz CT molecular complexity index is 1250. The zero-order chi connectivity index (χ0) is 27.3. The number of urea groups is 1. The summed E-state index contributed by atoms with van der Waals surface area (Å²) in [7, 11) is 2.72. The number of carboxylic acid groups (broad SMARTS) is 1. The molecule has 0 fully saturated rings. The molecule has 0 spiro atoms. The van der Waals surface area contributed by atoms with Gasteiger partial charge in [0.2, 0.25) is 0 Å². The summed E-state index contributed by atoms with van der Waals surface area (Å²) in [5, 5.41) is 16.0. The predicted octanol–water partition coefficient (Wildman–Crippen LogP) is -1.33. The average Bonchev–Trinajstić information content (AvgIpc) is 2.82. The molecule has 1 heterocycles. The van der Waals surface area contributed by atoms with Crippen molar-refractivity contribution >= 4 is 23.7 Å². The smallest absolute Gasteiger partial charge is 0.550 e. The molecule has 38 heavy (non-hydrogen) atoms. The zero-order valence-corrected chi connectivity index (χ0v) is 22.5. The number of hydrogen-bond acceptors (Lipinski definition) is 7. The van der Waals surface area contributed by atoms with Gasteiger partial charge in [0, 0.05) is 31.7 Å². The fraction of sp³-hybridized carbons (Fsp3) is 0.250. The molecular weight excluding hydrogens is 522 g/mol. The minimum absolute atomic E-state index is 0. The number of nitrogens with one attached hydrogen (secondary N) is 2. The van der Waals surface area contributed by atoms with Crippen LogP contribution in [0.1, 0.15) is 18.0 Å². The molecule has 0 radical (unpaired) electrons. The monoisotopic (exact) mass is 543 g/mol. The molecule has 14 heteroatoms. The summed E-state index contributed by atoms with van der Waals surface area (Å²) in [5.74, 6) is -3.14. The molecule has 3 rings (SSSR count). The van der Waals surface area contributed by atoms with Crippen molar-refractivity contribution in [3.8, 4) is 22.6 Å². The predicted molar refractivity (Wildman–Crippen MR) is 120 cm³/mol. The maximum Gasteiger partial charge on any atom is 1.00 e. The number of ether oxygens (including phenoxy) is 2. The van der Waals surface area contributed by atoms with Gasteiger partial charge in [-0.2, -0.15) is 0 Å². The molecule has 0 saturated carbocycles. The number of carboxylic acids is 1. The van der Waals surface area contributed by atoms with Crippen molar-refractivity contribution in [2.24, 2.45) is 0 Å². The molecule has 10 nitrogen and oxygen atoms in total. The Morgan fingerprint density at radius 2 is 1.79 bits per heavy atom. The van der Waals surface area contributed by atoms with Crippen molar-refractivity contribution in [1.82, 2.24) is 15.5 Å². The molecule has 1 aliphatic heterocycles. The van der Waals surface area contributed by atoms with E-state index in [1.165, 1.54) is 50.7 Å². The second kappa shape index (κ2) is 12.8. The van der Waals surface area contributed by atoms with Crippen LogP contribution in [0.5, 0.6) is 11.5 Å². The molecule has 1 aliphatic rings. The zero-order valence-electron chi connectivity index (χ0n) is 20.5. The first kappa shape index (κ1) is 30.7. The van der Waals surface area contributed by atoms with Crippen molar-refractivity contribution in [1.29, 1.82) is 0 Å². The summed E-state index contributed by atoms with van der Waals surface area (Å²) in [6.07, 6.45) is -3.26. The number of aliphatic carboxylic acids is 1. The largest absolute Gasteiger partial charge is 1.00 e. The molecule has 0 saturated heterocycles. The molecule has 2 aromatic rings. The van der Waals surface area contributed by atoms with E-state index in [0.29, 0.717) is 5.56 Å². The van der Waals surface area contributed by atoms with Gasteiger partial charge >= 0.3 is 42.0 Å². The number of carbonyl (C=O) groups excluding carboxylic acids is 4. The van der Waals surface area contributed by atoms with E-state index in [1.807, 2.05) is 0 Å². The Labute approximate surface area is 237 Å². The third-order valence-electron chi connectivity index (χ3n) is 5.26. The maximum atomic E-state index is 12.6. The molecule has 2 aromatic carbocycles. The van der Waals surface area contributed by atoms with Crippen molar-refractivity contribution in [2.75, 3.05) is 14.2 Å². The van der Waals surface area contributed by atoms with Gasteiger partial charge in [0.1, 0.15) is 11.5 Å². The number of methoxy groups -OCH3 is 1. The van der Waals surface area contributed by atoms with E-state index in [4.69, 9.17) is 4.74 Å². The first-order valence-corrected chi connectivity index (χ1v) is 10.7. The Morgan fingerprint density at radius 1 is 1.11 bits per heavy atom. The number of benzene rings is 2. The second-order valence-electron chi connectivity index (χ2n) is 7.92. The molecule has 0 bridgehead atoms. The van der Waals surface area contributed by atoms with E-state index in [9.17, 15) is 37.5 Å². The van der Waals surface area contributed by atoms with Crippen LogP contribution in [0.3, 0.4) is 0 Å². The summed E-state index contributed by atoms with van der Waals surface area (Å²) >= 11 is 0. The van der Waals surface area contributed by atoms with E-state index in [0.717, 1.165) is 23.1 Å². The number of halogens is 3. The first-order chi connectivity index (χ1) is 17.4. The van der Waals surface area contributed by atoms with Crippen molar-refractivity contribution in [2.45, 2.75) is 24.9 Å². The summed E-state index contributed by atoms with van der Waals surface area (Å²) in [5.41, 5.74) is 0.817. The Balaban J connectivity index is 0.00000507. The van der Waals surface area contributed by atoms with Crippen LogP contribution in [0.4, 0.5) is 18.0 Å². The molecular formula is C24H21F3N3NaO7. The van der Waals surface area contributed by atoms with Gasteiger partial charge in [-0.1, -0.05) is 12.1 Å². The average molecular weight is 543 g/mol. The van der Waals surface area contributed by atoms with Gasteiger partial charge in [-0.3, -0.25) is 9.59 Å². The number of amides is 3. The number of ketones is 1. The van der Waals surface area contributed by atoms with Gasteiger partial charge in [-0.25, -0.2) is 4.79 Å². The van der Waals surface area contributed by atoms with E-state index in [1.54, 1.807) is 0 Å². The van der Waals surface area contributed by atoms with Crippen LogP contribution in [0.15, 0.2) is 54.7 Å². The minimum Gasteiger partial charge on any atom is -0.550 e. The number of carbonyl (C=O) groups is 4. The molecule has 196 valence electrons. The molecule has 0 aromatic heterocycles. The van der Waals surface area contributed by atoms with E-state index in [2.05, 4.69) is 15.4 Å². The normalized spacial score (nSPS) is 15.8. The Kier molecular flexibility index (Phi) is 10.3. The second-order valence-corrected chi connectivity index (χ2v) is 7.92. The number of rotatable bonds is 8. The van der Waals surface area contributed by atoms with E-state index < -0.39 is 54.3 Å². The summed E-state index contributed by atoms with van der Waals surface area (Å²) in [6, 6.07) is 5.69. The van der Waals surface area contributed by atoms with Gasteiger partial charge in [0.15, 0.2) is 11.8 Å². The van der Waals surface area contributed by atoms with E-state index in [-0.39, 0.29) is 46.4 Å². The van der Waals surface area contributed by atoms with Crippen LogP contribution in [-0.2, 0) is 14.4 Å². The molecule has 2 atom stereocenters. The summed E-state index contributed by atoms with van der Waals surface area (Å²) in [4.78, 5) is 49.4. The maximum absolute atomic E-state index is 12.6. The third-order valence-corrected chi connectivity index (χ3v) is 5.26. The summed E-state index contributed by atoms with van der Waals surface area (Å²) in [6.45, 7) is 0. The number of hydrogen-bond donors (Lipinski definition) is 2. The fourth-order valence-electron chi connectivity index (χ4n) is 3.54. The van der Waals surface area contributed by atoms with E-state index >= 15 is 0 Å². The molecule has 2 N–H and O–H groups in total. The fourth-order valence-corrected chi connectivity index (χ4v) is 3.54. The van der Waals surface area contributed by atoms with Crippen LogP contribution in [0.2, 0.25) is 0 Å². The Morgan fingerprint density at radius 3 is 2.42 bits per heavy atom. The van der Waals surface area contributed by atoms with Gasteiger partial charge in [-0.15, -0.1) is 13.2 Å². The van der Waals surface area contributed by atoms with Gasteiger partial charge in [0.05, 0.1) is 13.2 Å². The SMILES string of the molecule is COc1cc(-c2cccc(OC(F)(F)F)c2)cc([C@H](CC(=O)[O-])NC(=O)NC2C(=O)C=CN(C)C2=O)c1.[Na+]. The number of nitrogens with zero attached hydrogens (tertiary/aromatic N) is 1. The molecule has 3 amide bonds. The van der Waals surface area contributed by atoms with Crippen molar-refractivity contribution in [3.63, 3.8) is 0 Å².